The van der Waals surface area contributed by atoms with Gasteiger partial charge in [-0.15, -0.1) is 0 Å². The van der Waals surface area contributed by atoms with Crippen LogP contribution in [0.15, 0.2) is 47.4 Å². The molecule has 2 rings (SSSR count). The van der Waals surface area contributed by atoms with E-state index in [4.69, 9.17) is 9.47 Å². The number of amides is 1. The van der Waals surface area contributed by atoms with Gasteiger partial charge in [0.25, 0.3) is 5.91 Å². The molecule has 2 aromatic carbocycles. The maximum absolute atomic E-state index is 12.8. The van der Waals surface area contributed by atoms with Crippen LogP contribution in [-0.4, -0.2) is 33.1 Å². The maximum atomic E-state index is 12.8. The Balaban J connectivity index is 2.26. The van der Waals surface area contributed by atoms with E-state index in [1.807, 2.05) is 38.1 Å². The number of hydrogen-bond acceptors (Lipinski definition) is 5. The van der Waals surface area contributed by atoms with Crippen LogP contribution < -0.4 is 19.5 Å². The molecular weight excluding hydrogens is 404 g/mol. The minimum absolute atomic E-state index is 0.00604. The SMILES string of the molecule is COc1ccc(C(=O)NCc2ccccc2OC(C)C)cc1S(=O)(=O)NC(C)(C)C. The number of sulfonamides is 1. The van der Waals surface area contributed by atoms with Crippen molar-refractivity contribution in [3.8, 4) is 11.5 Å². The second-order valence-corrected chi connectivity index (χ2v) is 9.83. The maximum Gasteiger partial charge on any atom is 0.251 e. The number of carbonyl (C=O) groups excluding carboxylic acids is 1. The summed E-state index contributed by atoms with van der Waals surface area (Å²) in [6.07, 6.45) is 0.00604. The number of nitrogens with one attached hydrogen (secondary N) is 2. The molecule has 1 amide bonds. The van der Waals surface area contributed by atoms with E-state index in [1.54, 1.807) is 20.8 Å². The van der Waals surface area contributed by atoms with Crippen molar-refractivity contribution in [1.82, 2.24) is 10.0 Å². The molecule has 0 aliphatic carbocycles. The van der Waals surface area contributed by atoms with Gasteiger partial charge in [0.15, 0.2) is 0 Å². The molecule has 164 valence electrons. The van der Waals surface area contributed by atoms with Crippen LogP contribution >= 0.6 is 0 Å². The highest BCUT2D eigenvalue weighted by Crippen LogP contribution is 2.26. The van der Waals surface area contributed by atoms with Crippen LogP contribution in [0.4, 0.5) is 0 Å². The van der Waals surface area contributed by atoms with Gasteiger partial charge in [0.05, 0.1) is 13.2 Å². The summed E-state index contributed by atoms with van der Waals surface area (Å²) in [5, 5.41) is 2.82. The molecule has 0 fully saturated rings. The predicted molar refractivity (Wildman–Crippen MR) is 116 cm³/mol. The van der Waals surface area contributed by atoms with E-state index in [0.29, 0.717) is 5.75 Å². The normalized spacial score (nSPS) is 12.0. The zero-order chi connectivity index (χ0) is 22.5. The molecule has 0 bridgehead atoms. The van der Waals surface area contributed by atoms with Gasteiger partial charge in [-0.1, -0.05) is 18.2 Å². The van der Waals surface area contributed by atoms with Gasteiger partial charge in [-0.3, -0.25) is 4.79 Å². The Labute approximate surface area is 178 Å². The Bertz CT molecular complexity index is 995. The molecule has 0 spiro atoms. The highest BCUT2D eigenvalue weighted by atomic mass is 32.2. The van der Waals surface area contributed by atoms with E-state index < -0.39 is 21.5 Å². The Morgan fingerprint density at radius 2 is 1.73 bits per heavy atom. The zero-order valence-corrected chi connectivity index (χ0v) is 19.1. The first-order valence-corrected chi connectivity index (χ1v) is 11.2. The van der Waals surface area contributed by atoms with Crippen molar-refractivity contribution in [2.24, 2.45) is 0 Å². The molecule has 0 atom stereocenters. The molecule has 2 N–H and O–H groups in total. The predicted octanol–water partition coefficient (Wildman–Crippen LogP) is 3.49. The lowest BCUT2D eigenvalue weighted by Crippen LogP contribution is -2.40. The van der Waals surface area contributed by atoms with Crippen molar-refractivity contribution in [3.05, 3.63) is 53.6 Å². The third-order valence-corrected chi connectivity index (χ3v) is 5.71. The fourth-order valence-corrected chi connectivity index (χ4v) is 4.40. The molecule has 0 radical (unpaired) electrons. The molecule has 0 saturated heterocycles. The minimum Gasteiger partial charge on any atom is -0.495 e. The molecule has 30 heavy (non-hydrogen) atoms. The first-order chi connectivity index (χ1) is 13.9. The Hall–Kier alpha value is -2.58. The third kappa shape index (κ3) is 6.47. The van der Waals surface area contributed by atoms with Gasteiger partial charge < -0.3 is 14.8 Å². The van der Waals surface area contributed by atoms with Crippen LogP contribution in [0.3, 0.4) is 0 Å². The molecule has 7 nitrogen and oxygen atoms in total. The highest BCUT2D eigenvalue weighted by Gasteiger charge is 2.26. The van der Waals surface area contributed by atoms with Crippen molar-refractivity contribution < 1.29 is 22.7 Å². The number of carbonyl (C=O) groups is 1. The topological polar surface area (TPSA) is 93.7 Å². The van der Waals surface area contributed by atoms with Gasteiger partial charge in [-0.05, 0) is 58.9 Å². The number of ether oxygens (including phenoxy) is 2. The summed E-state index contributed by atoms with van der Waals surface area (Å²) in [5.74, 6) is 0.461. The molecule has 0 unspecified atom stereocenters. The van der Waals surface area contributed by atoms with E-state index >= 15 is 0 Å². The molecule has 0 aromatic heterocycles. The fourth-order valence-electron chi connectivity index (χ4n) is 2.78. The number of rotatable bonds is 8. The number of benzene rings is 2. The van der Waals surface area contributed by atoms with E-state index in [0.717, 1.165) is 5.56 Å². The lowest BCUT2D eigenvalue weighted by molar-refractivity contribution is 0.0950. The summed E-state index contributed by atoms with van der Waals surface area (Å²) in [6.45, 7) is 9.33. The lowest BCUT2D eigenvalue weighted by atomic mass is 10.1. The molecule has 8 heteroatoms. The smallest absolute Gasteiger partial charge is 0.251 e. The molecule has 0 saturated carbocycles. The molecular formula is C22H30N2O5S. The quantitative estimate of drug-likeness (QED) is 0.663. The van der Waals surface area contributed by atoms with E-state index in [9.17, 15) is 13.2 Å². The van der Waals surface area contributed by atoms with Crippen LogP contribution in [0.2, 0.25) is 0 Å². The summed E-state index contributed by atoms with van der Waals surface area (Å²) >= 11 is 0. The second-order valence-electron chi connectivity index (χ2n) is 8.18. The average Bonchev–Trinajstić information content (AvgIpc) is 2.64. The Kier molecular flexibility index (Phi) is 7.49. The number of para-hydroxylation sites is 1. The summed E-state index contributed by atoms with van der Waals surface area (Å²) in [6, 6.07) is 11.8. The van der Waals surface area contributed by atoms with Gasteiger partial charge in [0.1, 0.15) is 16.4 Å². The van der Waals surface area contributed by atoms with Crippen LogP contribution in [0.5, 0.6) is 11.5 Å². The fraction of sp³-hybridized carbons (Fsp3) is 0.409. The van der Waals surface area contributed by atoms with Crippen LogP contribution in [-0.2, 0) is 16.6 Å². The number of hydrogen-bond donors (Lipinski definition) is 2. The van der Waals surface area contributed by atoms with Crippen molar-refractivity contribution in [2.75, 3.05) is 7.11 Å². The largest absolute Gasteiger partial charge is 0.495 e. The van der Waals surface area contributed by atoms with Crippen LogP contribution in [0.25, 0.3) is 0 Å². The van der Waals surface area contributed by atoms with Gasteiger partial charge in [-0.25, -0.2) is 13.1 Å². The molecule has 0 aliphatic heterocycles. The third-order valence-electron chi connectivity index (χ3n) is 3.93. The molecule has 2 aromatic rings. The van der Waals surface area contributed by atoms with Gasteiger partial charge >= 0.3 is 0 Å². The summed E-state index contributed by atoms with van der Waals surface area (Å²) < 4.78 is 39.1. The van der Waals surface area contributed by atoms with Crippen molar-refractivity contribution in [2.45, 2.75) is 57.7 Å². The molecule has 0 heterocycles. The first-order valence-electron chi connectivity index (χ1n) is 9.68. The number of methoxy groups -OCH3 is 1. The highest BCUT2D eigenvalue weighted by molar-refractivity contribution is 7.89. The Morgan fingerprint density at radius 3 is 2.33 bits per heavy atom. The zero-order valence-electron chi connectivity index (χ0n) is 18.3. The van der Waals surface area contributed by atoms with E-state index in [-0.39, 0.29) is 28.9 Å². The monoisotopic (exact) mass is 434 g/mol. The lowest BCUT2D eigenvalue weighted by Gasteiger charge is -2.21. The van der Waals surface area contributed by atoms with Crippen molar-refractivity contribution in [1.29, 1.82) is 0 Å². The Morgan fingerprint density at radius 1 is 1.07 bits per heavy atom. The first kappa shape index (κ1) is 23.7. The molecule has 0 aliphatic rings. The van der Waals surface area contributed by atoms with Crippen LogP contribution in [0, 0.1) is 0 Å². The minimum atomic E-state index is -3.88. The summed E-state index contributed by atoms with van der Waals surface area (Å²) in [4.78, 5) is 12.6. The van der Waals surface area contributed by atoms with Crippen LogP contribution in [0.1, 0.15) is 50.5 Å². The van der Waals surface area contributed by atoms with E-state index in [1.165, 1.54) is 25.3 Å². The van der Waals surface area contributed by atoms with Crippen molar-refractivity contribution >= 4 is 15.9 Å². The second kappa shape index (κ2) is 9.49. The summed E-state index contributed by atoms with van der Waals surface area (Å²) in [7, 11) is -2.49. The van der Waals surface area contributed by atoms with Gasteiger partial charge in [0.2, 0.25) is 10.0 Å². The van der Waals surface area contributed by atoms with Crippen molar-refractivity contribution in [3.63, 3.8) is 0 Å². The summed E-state index contributed by atoms with van der Waals surface area (Å²) in [5.41, 5.74) is 0.366. The van der Waals surface area contributed by atoms with Gasteiger partial charge in [0, 0.05) is 23.2 Å². The van der Waals surface area contributed by atoms with Gasteiger partial charge in [-0.2, -0.15) is 0 Å². The average molecular weight is 435 g/mol. The van der Waals surface area contributed by atoms with E-state index in [2.05, 4.69) is 10.0 Å². The standard InChI is InChI=1S/C22H30N2O5S/c1-15(2)29-18-10-8-7-9-17(18)14-23-21(25)16-11-12-19(28-6)20(13-16)30(26,27)24-22(3,4)5/h7-13,15,24H,14H2,1-6H3,(H,23,25).